The number of rotatable bonds is 9. The van der Waals surface area contributed by atoms with Crippen LogP contribution in [0.25, 0.3) is 0 Å². The molecule has 0 N–H and O–H groups in total. The van der Waals surface area contributed by atoms with E-state index in [2.05, 4.69) is 15.9 Å². The third-order valence-electron chi connectivity index (χ3n) is 3.60. The van der Waals surface area contributed by atoms with Gasteiger partial charge < -0.3 is 9.47 Å². The van der Waals surface area contributed by atoms with E-state index < -0.39 is 13.5 Å². The van der Waals surface area contributed by atoms with E-state index in [-0.39, 0.29) is 6.10 Å². The zero-order valence-corrected chi connectivity index (χ0v) is 16.8. The van der Waals surface area contributed by atoms with Gasteiger partial charge in [-0.3, -0.25) is 9.05 Å². The summed E-state index contributed by atoms with van der Waals surface area (Å²) in [4.78, 5) is 0. The van der Waals surface area contributed by atoms with Crippen molar-refractivity contribution in [3.8, 4) is 0 Å². The molecule has 1 aliphatic heterocycles. The molecule has 1 fully saturated rings. The van der Waals surface area contributed by atoms with E-state index >= 15 is 0 Å². The van der Waals surface area contributed by atoms with Gasteiger partial charge in [0.2, 0.25) is 0 Å². The molecule has 24 heavy (non-hydrogen) atoms. The average molecular weight is 422 g/mol. The molecule has 0 amide bonds. The van der Waals surface area contributed by atoms with Crippen LogP contribution in [0.15, 0.2) is 30.3 Å². The maximum Gasteiger partial charge on any atom is 0.408 e. The predicted octanol–water partition coefficient (Wildman–Crippen LogP) is 3.81. The van der Waals surface area contributed by atoms with E-state index in [0.717, 1.165) is 5.56 Å². The highest BCUT2D eigenvalue weighted by Gasteiger charge is 2.39. The fourth-order valence-corrected chi connectivity index (χ4v) is 4.49. The van der Waals surface area contributed by atoms with E-state index in [1.54, 1.807) is 4.67 Å². The number of hydrogen-bond donors (Lipinski definition) is 0. The zero-order valence-electron chi connectivity index (χ0n) is 14.3. The quantitative estimate of drug-likeness (QED) is 0.446. The van der Waals surface area contributed by atoms with Crippen molar-refractivity contribution in [2.45, 2.75) is 32.3 Å². The molecule has 0 spiro atoms. The van der Waals surface area contributed by atoms with Gasteiger partial charge in [-0.05, 0) is 19.4 Å². The number of hydrogen-bond acceptors (Lipinski definition) is 5. The molecule has 6 nitrogen and oxygen atoms in total. The molecule has 2 atom stereocenters. The first-order valence-electron chi connectivity index (χ1n) is 7.86. The third-order valence-corrected chi connectivity index (χ3v) is 5.89. The molecule has 1 saturated heterocycles. The molecular weight excluding hydrogens is 397 g/mol. The van der Waals surface area contributed by atoms with Gasteiger partial charge in [0.05, 0.1) is 19.3 Å². The van der Waals surface area contributed by atoms with Gasteiger partial charge in [-0.25, -0.2) is 9.24 Å². The van der Waals surface area contributed by atoms with Crippen molar-refractivity contribution >= 4 is 23.7 Å². The normalized spacial score (nSPS) is 22.6. The minimum atomic E-state index is -3.42. The lowest BCUT2D eigenvalue weighted by molar-refractivity contribution is -0.139. The summed E-state index contributed by atoms with van der Waals surface area (Å²) < 4.78 is 37.1. The van der Waals surface area contributed by atoms with Crippen LogP contribution in [0.1, 0.15) is 19.4 Å². The predicted molar refractivity (Wildman–Crippen MR) is 96.1 cm³/mol. The summed E-state index contributed by atoms with van der Waals surface area (Å²) >= 11 is 3.29. The van der Waals surface area contributed by atoms with E-state index in [1.807, 2.05) is 44.2 Å². The summed E-state index contributed by atoms with van der Waals surface area (Å²) in [5.74, 6) is -0.628. The minimum absolute atomic E-state index is 0.195. The lowest BCUT2D eigenvalue weighted by Gasteiger charge is -2.31. The van der Waals surface area contributed by atoms with E-state index in [1.165, 1.54) is 7.11 Å². The Labute approximate surface area is 152 Å². The molecule has 0 aliphatic carbocycles. The second-order valence-corrected chi connectivity index (χ2v) is 8.88. The standard InChI is InChI=1S/C16H25BrNO5P/c1-16(2)21-13-15(23-16)12-18(11-14-7-5-4-6-8-14)24(19,20-3)22-10-9-17/h4-8,15H,9-13H2,1-3H3/t15-,24?/m0/s1. The Morgan fingerprint density at radius 2 is 2.08 bits per heavy atom. The topological polar surface area (TPSA) is 57.2 Å². The van der Waals surface area contributed by atoms with Gasteiger partial charge in [-0.1, -0.05) is 46.3 Å². The van der Waals surface area contributed by atoms with Crippen LogP contribution in [0.3, 0.4) is 0 Å². The lowest BCUT2D eigenvalue weighted by Crippen LogP contribution is -2.33. The summed E-state index contributed by atoms with van der Waals surface area (Å²) in [7, 11) is -2.01. The van der Waals surface area contributed by atoms with Gasteiger partial charge >= 0.3 is 7.75 Å². The summed E-state index contributed by atoms with van der Waals surface area (Å²) in [5, 5.41) is 0.579. The first-order chi connectivity index (χ1) is 11.4. The molecular formula is C16H25BrNO5P. The number of halogens is 1. The Morgan fingerprint density at radius 1 is 1.38 bits per heavy atom. The fourth-order valence-electron chi connectivity index (χ4n) is 2.53. The number of benzene rings is 1. The Hall–Kier alpha value is -0.270. The SMILES string of the molecule is COP(=O)(OCCBr)N(Cc1ccccc1)C[C@H]1COC(C)(C)O1. The van der Waals surface area contributed by atoms with Crippen molar-refractivity contribution < 1.29 is 23.1 Å². The van der Waals surface area contributed by atoms with Gasteiger partial charge in [-0.2, -0.15) is 0 Å². The maximum atomic E-state index is 13.2. The first kappa shape index (κ1) is 20.0. The van der Waals surface area contributed by atoms with Gasteiger partial charge in [0.1, 0.15) is 0 Å². The van der Waals surface area contributed by atoms with E-state index in [4.69, 9.17) is 18.5 Å². The molecule has 1 unspecified atom stereocenters. The molecule has 0 bridgehead atoms. The smallest absolute Gasteiger partial charge is 0.348 e. The van der Waals surface area contributed by atoms with Crippen LogP contribution < -0.4 is 0 Å². The van der Waals surface area contributed by atoms with Crippen molar-refractivity contribution in [1.82, 2.24) is 4.67 Å². The molecule has 0 saturated carbocycles. The Morgan fingerprint density at radius 3 is 2.62 bits per heavy atom. The average Bonchev–Trinajstić information content (AvgIpc) is 2.91. The van der Waals surface area contributed by atoms with Crippen molar-refractivity contribution in [2.75, 3.05) is 32.2 Å². The summed E-state index contributed by atoms with van der Waals surface area (Å²) in [6.45, 7) is 5.31. The molecule has 2 rings (SSSR count). The number of alkyl halides is 1. The van der Waals surface area contributed by atoms with Gasteiger partial charge in [0, 0.05) is 25.5 Å². The number of nitrogens with zero attached hydrogens (tertiary/aromatic N) is 1. The summed E-state index contributed by atoms with van der Waals surface area (Å²) in [6.07, 6.45) is -0.195. The van der Waals surface area contributed by atoms with E-state index in [0.29, 0.717) is 31.6 Å². The summed E-state index contributed by atoms with van der Waals surface area (Å²) in [6, 6.07) is 9.80. The second-order valence-electron chi connectivity index (χ2n) is 5.96. The maximum absolute atomic E-state index is 13.2. The Bertz CT molecular complexity index is 557. The molecule has 0 radical (unpaired) electrons. The lowest BCUT2D eigenvalue weighted by atomic mass is 10.2. The van der Waals surface area contributed by atoms with Crippen molar-refractivity contribution in [1.29, 1.82) is 0 Å². The van der Waals surface area contributed by atoms with Crippen LogP contribution in [0.4, 0.5) is 0 Å². The third kappa shape index (κ3) is 5.63. The molecule has 1 aromatic rings. The number of ether oxygens (including phenoxy) is 2. The zero-order chi connectivity index (χ0) is 17.6. The van der Waals surface area contributed by atoms with Gasteiger partial charge in [-0.15, -0.1) is 0 Å². The van der Waals surface area contributed by atoms with Crippen molar-refractivity contribution in [2.24, 2.45) is 0 Å². The minimum Gasteiger partial charge on any atom is -0.348 e. The van der Waals surface area contributed by atoms with Gasteiger partial charge in [0.25, 0.3) is 0 Å². The van der Waals surface area contributed by atoms with Crippen molar-refractivity contribution in [3.63, 3.8) is 0 Å². The van der Waals surface area contributed by atoms with E-state index in [9.17, 15) is 4.57 Å². The molecule has 8 heteroatoms. The highest BCUT2D eigenvalue weighted by molar-refractivity contribution is 9.09. The van der Waals surface area contributed by atoms with Crippen LogP contribution >= 0.6 is 23.7 Å². The van der Waals surface area contributed by atoms with Crippen LogP contribution in [0, 0.1) is 0 Å². The van der Waals surface area contributed by atoms with Crippen molar-refractivity contribution in [3.05, 3.63) is 35.9 Å². The highest BCUT2D eigenvalue weighted by Crippen LogP contribution is 2.52. The second kappa shape index (κ2) is 8.90. The largest absolute Gasteiger partial charge is 0.408 e. The fraction of sp³-hybridized carbons (Fsp3) is 0.625. The van der Waals surface area contributed by atoms with Gasteiger partial charge in [0.15, 0.2) is 5.79 Å². The Balaban J connectivity index is 2.15. The molecule has 0 aromatic heterocycles. The summed E-state index contributed by atoms with van der Waals surface area (Å²) in [5.41, 5.74) is 1.02. The molecule has 1 aliphatic rings. The molecule has 136 valence electrons. The van der Waals surface area contributed by atoms with Crippen LogP contribution in [-0.2, 0) is 29.6 Å². The van der Waals surface area contributed by atoms with Crippen LogP contribution in [0.5, 0.6) is 0 Å². The first-order valence-corrected chi connectivity index (χ1v) is 10.5. The highest BCUT2D eigenvalue weighted by atomic mass is 79.9. The molecule has 1 heterocycles. The van der Waals surface area contributed by atoms with Crippen LogP contribution in [0.2, 0.25) is 0 Å². The van der Waals surface area contributed by atoms with Crippen LogP contribution in [-0.4, -0.2) is 48.8 Å². The molecule has 1 aromatic carbocycles. The monoisotopic (exact) mass is 421 g/mol. The Kier molecular flexibility index (Phi) is 7.43.